The van der Waals surface area contributed by atoms with Gasteiger partial charge in [-0.25, -0.2) is 0 Å². The molecule has 3 rings (SSSR count). The van der Waals surface area contributed by atoms with Crippen LogP contribution in [-0.2, 0) is 0 Å². The van der Waals surface area contributed by atoms with Crippen molar-refractivity contribution >= 4 is 17.2 Å². The second-order valence-electron chi connectivity index (χ2n) is 6.02. The van der Waals surface area contributed by atoms with Gasteiger partial charge in [0.25, 0.3) is 5.91 Å². The minimum atomic E-state index is -0.253. The Kier molecular flexibility index (Phi) is 5.70. The topological polar surface area (TPSA) is 67.6 Å². The molecule has 0 fully saturated rings. The van der Waals surface area contributed by atoms with E-state index in [1.54, 1.807) is 24.5 Å². The Morgan fingerprint density at radius 2 is 2.08 bits per heavy atom. The lowest BCUT2D eigenvalue weighted by Crippen LogP contribution is -2.34. The van der Waals surface area contributed by atoms with Crippen LogP contribution in [0.2, 0.25) is 0 Å². The number of ether oxygens (including phenoxy) is 1. The van der Waals surface area contributed by atoms with Crippen molar-refractivity contribution in [2.24, 2.45) is 0 Å². The van der Waals surface area contributed by atoms with Crippen molar-refractivity contribution in [3.63, 3.8) is 0 Å². The first-order chi connectivity index (χ1) is 12.6. The van der Waals surface area contributed by atoms with E-state index in [1.807, 2.05) is 55.9 Å². The van der Waals surface area contributed by atoms with E-state index in [4.69, 9.17) is 9.26 Å². The summed E-state index contributed by atoms with van der Waals surface area (Å²) >= 11 is 1.54. The fraction of sp³-hybridized carbons (Fsp3) is 0.263. The standard InChI is InChI=1S/C19H21N3O3S/c1-22(2)16(13-6-8-14(24-3)9-7-13)12-20-19(23)15-11-17(25-21-15)18-5-4-10-26-18/h4-11,16H,12H2,1-3H3,(H,20,23)/t16-/m1/s1. The number of carbonyl (C=O) groups is 1. The number of carbonyl (C=O) groups excluding carboxylic acids is 1. The average Bonchev–Trinajstić information content (AvgIpc) is 3.33. The summed E-state index contributed by atoms with van der Waals surface area (Å²) in [6.07, 6.45) is 0. The van der Waals surface area contributed by atoms with Gasteiger partial charge in [0.15, 0.2) is 11.5 Å². The summed E-state index contributed by atoms with van der Waals surface area (Å²) in [5.41, 5.74) is 1.37. The maximum Gasteiger partial charge on any atom is 0.273 e. The van der Waals surface area contributed by atoms with Gasteiger partial charge in [-0.05, 0) is 43.2 Å². The number of methoxy groups -OCH3 is 1. The van der Waals surface area contributed by atoms with E-state index in [0.29, 0.717) is 12.3 Å². The average molecular weight is 371 g/mol. The van der Waals surface area contributed by atoms with Gasteiger partial charge in [0.1, 0.15) is 5.75 Å². The van der Waals surface area contributed by atoms with Crippen LogP contribution in [0.5, 0.6) is 5.75 Å². The fourth-order valence-electron chi connectivity index (χ4n) is 2.62. The van der Waals surface area contributed by atoms with E-state index in [0.717, 1.165) is 16.2 Å². The maximum absolute atomic E-state index is 12.4. The van der Waals surface area contributed by atoms with Gasteiger partial charge >= 0.3 is 0 Å². The second-order valence-corrected chi connectivity index (χ2v) is 6.96. The molecule has 26 heavy (non-hydrogen) atoms. The highest BCUT2D eigenvalue weighted by molar-refractivity contribution is 7.13. The van der Waals surface area contributed by atoms with Crippen molar-refractivity contribution in [1.29, 1.82) is 0 Å². The van der Waals surface area contributed by atoms with Crippen LogP contribution in [0.25, 0.3) is 10.6 Å². The van der Waals surface area contributed by atoms with Gasteiger partial charge in [0, 0.05) is 12.6 Å². The zero-order chi connectivity index (χ0) is 18.5. The van der Waals surface area contributed by atoms with E-state index in [9.17, 15) is 4.79 Å². The molecule has 1 amide bonds. The van der Waals surface area contributed by atoms with Gasteiger partial charge in [0.05, 0.1) is 18.0 Å². The van der Waals surface area contributed by atoms with Crippen molar-refractivity contribution in [3.05, 3.63) is 59.1 Å². The Morgan fingerprint density at radius 1 is 1.31 bits per heavy atom. The number of likely N-dealkylation sites (N-methyl/N-ethyl adjacent to an activating group) is 1. The SMILES string of the molecule is COc1ccc([C@@H](CNC(=O)c2cc(-c3cccs3)on2)N(C)C)cc1. The van der Waals surface area contributed by atoms with Gasteiger partial charge in [-0.3, -0.25) is 4.79 Å². The lowest BCUT2D eigenvalue weighted by molar-refractivity contribution is 0.0933. The van der Waals surface area contributed by atoms with Crippen LogP contribution >= 0.6 is 11.3 Å². The number of rotatable bonds is 7. The summed E-state index contributed by atoms with van der Waals surface area (Å²) in [6.45, 7) is 0.458. The predicted octanol–water partition coefficient (Wildman–Crippen LogP) is 3.44. The first kappa shape index (κ1) is 18.2. The highest BCUT2D eigenvalue weighted by Gasteiger charge is 2.18. The molecule has 136 valence electrons. The molecule has 1 N–H and O–H groups in total. The van der Waals surface area contributed by atoms with Crippen LogP contribution in [0.3, 0.4) is 0 Å². The molecule has 1 atom stereocenters. The Hall–Kier alpha value is -2.64. The highest BCUT2D eigenvalue weighted by Crippen LogP contribution is 2.25. The third kappa shape index (κ3) is 4.12. The third-order valence-corrected chi connectivity index (χ3v) is 4.97. The monoisotopic (exact) mass is 371 g/mol. The van der Waals surface area contributed by atoms with Gasteiger partial charge in [-0.15, -0.1) is 11.3 Å². The van der Waals surface area contributed by atoms with Crippen LogP contribution < -0.4 is 10.1 Å². The Labute approximate surface area is 156 Å². The van der Waals surface area contributed by atoms with Crippen molar-refractivity contribution < 1.29 is 14.1 Å². The summed E-state index contributed by atoms with van der Waals surface area (Å²) in [6, 6.07) is 13.4. The summed E-state index contributed by atoms with van der Waals surface area (Å²) < 4.78 is 10.5. The van der Waals surface area contributed by atoms with Crippen molar-refractivity contribution in [2.75, 3.05) is 27.7 Å². The molecule has 0 spiro atoms. The molecule has 0 aliphatic carbocycles. The third-order valence-electron chi connectivity index (χ3n) is 4.09. The van der Waals surface area contributed by atoms with Crippen LogP contribution in [0.15, 0.2) is 52.4 Å². The molecule has 1 aromatic carbocycles. The van der Waals surface area contributed by atoms with E-state index in [2.05, 4.69) is 15.4 Å². The summed E-state index contributed by atoms with van der Waals surface area (Å²) in [7, 11) is 5.60. The largest absolute Gasteiger partial charge is 0.497 e. The van der Waals surface area contributed by atoms with Gasteiger partial charge in [-0.2, -0.15) is 0 Å². The minimum Gasteiger partial charge on any atom is -0.497 e. The van der Waals surface area contributed by atoms with Gasteiger partial charge in [0.2, 0.25) is 0 Å². The Morgan fingerprint density at radius 3 is 2.69 bits per heavy atom. The number of amides is 1. The molecule has 3 aromatic rings. The molecule has 2 heterocycles. The number of benzene rings is 1. The predicted molar refractivity (Wildman–Crippen MR) is 102 cm³/mol. The van der Waals surface area contributed by atoms with Crippen LogP contribution in [-0.4, -0.2) is 43.7 Å². The highest BCUT2D eigenvalue weighted by atomic mass is 32.1. The summed E-state index contributed by atoms with van der Waals surface area (Å²) in [5.74, 6) is 1.15. The number of nitrogens with zero attached hydrogens (tertiary/aromatic N) is 2. The molecule has 0 saturated heterocycles. The molecule has 0 aliphatic heterocycles. The molecule has 6 nitrogen and oxygen atoms in total. The minimum absolute atomic E-state index is 0.0357. The Balaban J connectivity index is 1.66. The van der Waals surface area contributed by atoms with Gasteiger partial charge < -0.3 is 19.5 Å². The number of nitrogens with one attached hydrogen (secondary N) is 1. The zero-order valence-corrected chi connectivity index (χ0v) is 15.7. The smallest absolute Gasteiger partial charge is 0.273 e. The van der Waals surface area contributed by atoms with Crippen LogP contribution in [0, 0.1) is 0 Å². The molecule has 0 aliphatic rings. The first-order valence-corrected chi connectivity index (χ1v) is 9.05. The quantitative estimate of drug-likeness (QED) is 0.689. The van der Waals surface area contributed by atoms with Crippen molar-refractivity contribution in [3.8, 4) is 16.4 Å². The van der Waals surface area contributed by atoms with E-state index < -0.39 is 0 Å². The molecular formula is C19H21N3O3S. The molecule has 0 bridgehead atoms. The lowest BCUT2D eigenvalue weighted by Gasteiger charge is -2.25. The maximum atomic E-state index is 12.4. The first-order valence-electron chi connectivity index (χ1n) is 8.17. The lowest BCUT2D eigenvalue weighted by atomic mass is 10.1. The van der Waals surface area contributed by atoms with Crippen LogP contribution in [0.4, 0.5) is 0 Å². The Bertz CT molecular complexity index is 841. The van der Waals surface area contributed by atoms with E-state index in [-0.39, 0.29) is 17.6 Å². The van der Waals surface area contributed by atoms with Crippen molar-refractivity contribution in [2.45, 2.75) is 6.04 Å². The van der Waals surface area contributed by atoms with E-state index in [1.165, 1.54) is 0 Å². The second kappa shape index (κ2) is 8.16. The number of hydrogen-bond donors (Lipinski definition) is 1. The zero-order valence-electron chi connectivity index (χ0n) is 14.9. The molecule has 0 radical (unpaired) electrons. The molecule has 7 heteroatoms. The molecule has 0 saturated carbocycles. The fourth-order valence-corrected chi connectivity index (χ4v) is 3.29. The normalized spacial score (nSPS) is 12.2. The summed E-state index contributed by atoms with van der Waals surface area (Å²) in [5, 5.41) is 8.77. The van der Waals surface area contributed by atoms with Crippen LogP contribution in [0.1, 0.15) is 22.1 Å². The molecule has 2 aromatic heterocycles. The van der Waals surface area contributed by atoms with E-state index >= 15 is 0 Å². The number of hydrogen-bond acceptors (Lipinski definition) is 6. The molecular weight excluding hydrogens is 350 g/mol. The number of thiophene rings is 1. The van der Waals surface area contributed by atoms with Gasteiger partial charge in [-0.1, -0.05) is 23.4 Å². The summed E-state index contributed by atoms with van der Waals surface area (Å²) in [4.78, 5) is 15.4. The number of aromatic nitrogens is 1. The molecule has 0 unspecified atom stereocenters. The van der Waals surface area contributed by atoms with Crippen molar-refractivity contribution in [1.82, 2.24) is 15.4 Å².